The highest BCUT2D eigenvalue weighted by molar-refractivity contribution is 5.34. The van der Waals surface area contributed by atoms with Crippen molar-refractivity contribution in [2.75, 3.05) is 6.61 Å². The molecule has 1 aliphatic carbocycles. The minimum atomic E-state index is 0.189. The van der Waals surface area contributed by atoms with Gasteiger partial charge in [-0.2, -0.15) is 0 Å². The zero-order valence-electron chi connectivity index (χ0n) is 6.04. The second kappa shape index (κ2) is 3.49. The summed E-state index contributed by atoms with van der Waals surface area (Å²) in [4.78, 5) is 13.3. The van der Waals surface area contributed by atoms with Crippen LogP contribution in [0.4, 0.5) is 0 Å². The summed E-state index contributed by atoms with van der Waals surface area (Å²) >= 11 is 0. The zero-order chi connectivity index (χ0) is 7.40. The molecule has 3 heteroatoms. The van der Waals surface area contributed by atoms with Crippen LogP contribution in [-0.2, 0) is 9.53 Å². The molecule has 0 N–H and O–H groups in total. The van der Waals surface area contributed by atoms with Gasteiger partial charge in [-0.05, 0) is 19.8 Å². The third-order valence-corrected chi connectivity index (χ3v) is 1.71. The van der Waals surface area contributed by atoms with E-state index in [0.717, 1.165) is 19.4 Å². The first-order valence-corrected chi connectivity index (χ1v) is 3.55. The van der Waals surface area contributed by atoms with Crippen LogP contribution in [0.2, 0.25) is 0 Å². The van der Waals surface area contributed by atoms with Crippen molar-refractivity contribution in [3.05, 3.63) is 0 Å². The van der Waals surface area contributed by atoms with Crippen molar-refractivity contribution < 1.29 is 9.53 Å². The quantitative estimate of drug-likeness (QED) is 0.432. The van der Waals surface area contributed by atoms with Gasteiger partial charge in [-0.3, -0.25) is 0 Å². The molecule has 0 atom stereocenters. The maximum atomic E-state index is 9.74. The van der Waals surface area contributed by atoms with Crippen LogP contribution < -0.4 is 0 Å². The van der Waals surface area contributed by atoms with Crippen LogP contribution in [-0.4, -0.2) is 24.8 Å². The van der Waals surface area contributed by atoms with Gasteiger partial charge in [0, 0.05) is 6.61 Å². The van der Waals surface area contributed by atoms with E-state index in [0.29, 0.717) is 6.10 Å². The van der Waals surface area contributed by atoms with E-state index in [2.05, 4.69) is 4.99 Å². The number of aliphatic imine (C=N–C) groups is 1. The number of carbonyl (C=O) groups excluding carboxylic acids is 1. The monoisotopic (exact) mass is 141 g/mol. The molecule has 0 unspecified atom stereocenters. The lowest BCUT2D eigenvalue weighted by Crippen LogP contribution is -2.34. The smallest absolute Gasteiger partial charge is 0.235 e. The fourth-order valence-corrected chi connectivity index (χ4v) is 1.09. The van der Waals surface area contributed by atoms with Gasteiger partial charge in [-0.15, -0.1) is 0 Å². The summed E-state index contributed by atoms with van der Waals surface area (Å²) in [6.07, 6.45) is 3.68. The van der Waals surface area contributed by atoms with Crippen molar-refractivity contribution in [2.45, 2.75) is 31.9 Å². The Labute approximate surface area is 60.1 Å². The molecule has 0 aromatic carbocycles. The van der Waals surface area contributed by atoms with E-state index < -0.39 is 0 Å². The van der Waals surface area contributed by atoms with Crippen molar-refractivity contribution in [2.24, 2.45) is 4.99 Å². The summed E-state index contributed by atoms with van der Waals surface area (Å²) < 4.78 is 5.26. The Bertz CT molecular complexity index is 146. The molecule has 0 aromatic heterocycles. The van der Waals surface area contributed by atoms with Crippen molar-refractivity contribution in [1.82, 2.24) is 0 Å². The first kappa shape index (κ1) is 7.45. The Kier molecular flexibility index (Phi) is 2.60. The second-order valence-corrected chi connectivity index (χ2v) is 2.42. The Hall–Kier alpha value is -0.660. The van der Waals surface area contributed by atoms with Crippen LogP contribution in [0.3, 0.4) is 0 Å². The first-order valence-electron chi connectivity index (χ1n) is 3.55. The van der Waals surface area contributed by atoms with Crippen LogP contribution in [0.25, 0.3) is 0 Å². The van der Waals surface area contributed by atoms with Gasteiger partial charge in [-0.25, -0.2) is 9.79 Å². The third-order valence-electron chi connectivity index (χ3n) is 1.71. The molecule has 0 heterocycles. The van der Waals surface area contributed by atoms with Gasteiger partial charge in [0.15, 0.2) is 0 Å². The van der Waals surface area contributed by atoms with Gasteiger partial charge >= 0.3 is 0 Å². The molecule has 0 saturated heterocycles. The number of ether oxygens (including phenoxy) is 1. The Morgan fingerprint density at radius 2 is 2.40 bits per heavy atom. The standard InChI is InChI=1S/C7H11NO2/c1-2-10-7-3-6(4-7)8-5-9/h6-7H,2-4H2,1H3. The van der Waals surface area contributed by atoms with E-state index in [1.54, 1.807) is 6.08 Å². The number of isocyanates is 1. The van der Waals surface area contributed by atoms with E-state index in [1.807, 2.05) is 6.92 Å². The van der Waals surface area contributed by atoms with Gasteiger partial charge in [-0.1, -0.05) is 0 Å². The van der Waals surface area contributed by atoms with Crippen LogP contribution in [0, 0.1) is 0 Å². The average Bonchev–Trinajstić information content (AvgIpc) is 1.84. The number of hydrogen-bond donors (Lipinski definition) is 0. The fraction of sp³-hybridized carbons (Fsp3) is 0.857. The highest BCUT2D eigenvalue weighted by atomic mass is 16.5. The number of rotatable bonds is 3. The average molecular weight is 141 g/mol. The highest BCUT2D eigenvalue weighted by Gasteiger charge is 2.28. The summed E-state index contributed by atoms with van der Waals surface area (Å²) in [7, 11) is 0. The highest BCUT2D eigenvalue weighted by Crippen LogP contribution is 2.25. The molecule has 0 radical (unpaired) electrons. The largest absolute Gasteiger partial charge is 0.378 e. The molecular formula is C7H11NO2. The molecule has 1 fully saturated rings. The topological polar surface area (TPSA) is 38.7 Å². The van der Waals surface area contributed by atoms with Crippen molar-refractivity contribution in [1.29, 1.82) is 0 Å². The lowest BCUT2D eigenvalue weighted by atomic mass is 9.90. The van der Waals surface area contributed by atoms with E-state index >= 15 is 0 Å². The summed E-state index contributed by atoms with van der Waals surface area (Å²) in [5, 5.41) is 0. The third kappa shape index (κ3) is 1.66. The van der Waals surface area contributed by atoms with Crippen LogP contribution >= 0.6 is 0 Å². The zero-order valence-corrected chi connectivity index (χ0v) is 6.04. The van der Waals surface area contributed by atoms with E-state index in [9.17, 15) is 4.79 Å². The summed E-state index contributed by atoms with van der Waals surface area (Å²) in [5.41, 5.74) is 0. The molecule has 0 spiro atoms. The Morgan fingerprint density at radius 1 is 1.70 bits per heavy atom. The summed E-state index contributed by atoms with van der Waals surface area (Å²) in [5.74, 6) is 0. The van der Waals surface area contributed by atoms with Crippen LogP contribution in [0.15, 0.2) is 4.99 Å². The van der Waals surface area contributed by atoms with E-state index in [1.165, 1.54) is 0 Å². The maximum Gasteiger partial charge on any atom is 0.235 e. The molecule has 0 aromatic rings. The Balaban J connectivity index is 2.11. The molecule has 0 aliphatic heterocycles. The summed E-state index contributed by atoms with van der Waals surface area (Å²) in [6.45, 7) is 2.72. The molecule has 0 amide bonds. The van der Waals surface area contributed by atoms with Gasteiger partial charge in [0.1, 0.15) is 0 Å². The van der Waals surface area contributed by atoms with Gasteiger partial charge < -0.3 is 4.74 Å². The predicted molar refractivity (Wildman–Crippen MR) is 36.6 cm³/mol. The van der Waals surface area contributed by atoms with Crippen LogP contribution in [0.5, 0.6) is 0 Å². The fourth-order valence-electron chi connectivity index (χ4n) is 1.09. The van der Waals surface area contributed by atoms with Crippen molar-refractivity contribution >= 4 is 6.08 Å². The van der Waals surface area contributed by atoms with Crippen LogP contribution in [0.1, 0.15) is 19.8 Å². The number of nitrogens with zero attached hydrogens (tertiary/aromatic N) is 1. The second-order valence-electron chi connectivity index (χ2n) is 2.42. The molecule has 1 rings (SSSR count). The SMILES string of the molecule is CCOC1CC(N=C=O)C1. The normalized spacial score (nSPS) is 30.5. The molecule has 10 heavy (non-hydrogen) atoms. The molecule has 3 nitrogen and oxygen atoms in total. The molecule has 0 bridgehead atoms. The van der Waals surface area contributed by atoms with Crippen molar-refractivity contribution in [3.8, 4) is 0 Å². The lowest BCUT2D eigenvalue weighted by molar-refractivity contribution is -0.000672. The first-order chi connectivity index (χ1) is 4.86. The molecule has 1 saturated carbocycles. The molecular weight excluding hydrogens is 130 g/mol. The van der Waals surface area contributed by atoms with E-state index in [4.69, 9.17) is 4.74 Å². The van der Waals surface area contributed by atoms with E-state index in [-0.39, 0.29) is 6.04 Å². The maximum absolute atomic E-state index is 9.74. The van der Waals surface area contributed by atoms with Gasteiger partial charge in [0.05, 0.1) is 12.1 Å². The van der Waals surface area contributed by atoms with Crippen molar-refractivity contribution in [3.63, 3.8) is 0 Å². The minimum absolute atomic E-state index is 0.189. The Morgan fingerprint density at radius 3 is 2.90 bits per heavy atom. The van der Waals surface area contributed by atoms with Gasteiger partial charge in [0.25, 0.3) is 0 Å². The molecule has 56 valence electrons. The minimum Gasteiger partial charge on any atom is -0.378 e. The summed E-state index contributed by atoms with van der Waals surface area (Å²) in [6, 6.07) is 0.189. The number of hydrogen-bond acceptors (Lipinski definition) is 3. The van der Waals surface area contributed by atoms with Gasteiger partial charge in [0.2, 0.25) is 6.08 Å². The predicted octanol–water partition coefficient (Wildman–Crippen LogP) is 0.890. The molecule has 1 aliphatic rings. The lowest BCUT2D eigenvalue weighted by Gasteiger charge is -2.30.